The van der Waals surface area contributed by atoms with Crippen molar-refractivity contribution in [1.82, 2.24) is 0 Å². The van der Waals surface area contributed by atoms with Gasteiger partial charge >= 0.3 is 0 Å². The van der Waals surface area contributed by atoms with Crippen LogP contribution in [0.1, 0.15) is 36.5 Å². The molecule has 4 heteroatoms. The van der Waals surface area contributed by atoms with Crippen molar-refractivity contribution in [3.05, 3.63) is 57.1 Å². The molecule has 0 amide bonds. The molecule has 0 aliphatic carbocycles. The van der Waals surface area contributed by atoms with Crippen LogP contribution in [0, 0.1) is 0 Å². The highest BCUT2D eigenvalue weighted by Crippen LogP contribution is 2.30. The molecule has 0 radical (unpaired) electrons. The molecule has 2 aromatic carbocycles. The Morgan fingerprint density at radius 1 is 1.15 bits per heavy atom. The average molecular weight is 326 g/mol. The summed E-state index contributed by atoms with van der Waals surface area (Å²) >= 11 is 12.5. The second kappa shape index (κ2) is 6.35. The van der Waals surface area contributed by atoms with Crippen LogP contribution in [-0.4, -0.2) is 0 Å². The van der Waals surface area contributed by atoms with Gasteiger partial charge in [-0.05, 0) is 40.0 Å². The second-order valence-corrected chi connectivity index (χ2v) is 6.61. The van der Waals surface area contributed by atoms with Crippen molar-refractivity contribution in [2.75, 3.05) is 5.73 Å². The van der Waals surface area contributed by atoms with Gasteiger partial charge in [0, 0.05) is 22.2 Å². The summed E-state index contributed by atoms with van der Waals surface area (Å²) in [4.78, 5) is 0. The summed E-state index contributed by atoms with van der Waals surface area (Å²) in [7, 11) is 2.84. The van der Waals surface area contributed by atoms with Crippen molar-refractivity contribution in [3.63, 3.8) is 0 Å². The number of anilines is 1. The van der Waals surface area contributed by atoms with Crippen molar-refractivity contribution in [2.45, 2.75) is 26.2 Å². The predicted molar refractivity (Wildman–Crippen MR) is 93.6 cm³/mol. The number of nitrogens with two attached hydrogens (primary N) is 1. The van der Waals surface area contributed by atoms with Crippen LogP contribution >= 0.6 is 32.4 Å². The summed E-state index contributed by atoms with van der Waals surface area (Å²) in [6.07, 6.45) is 0.706. The van der Waals surface area contributed by atoms with Crippen LogP contribution in [0.3, 0.4) is 0 Å². The number of halogens is 2. The lowest BCUT2D eigenvalue weighted by Gasteiger charge is -2.15. The normalized spacial score (nSPS) is 11.1. The molecule has 2 aromatic rings. The van der Waals surface area contributed by atoms with Crippen molar-refractivity contribution >= 4 is 43.4 Å². The Kier molecular flexibility index (Phi) is 4.96. The molecule has 1 nitrogen and oxygen atoms in total. The van der Waals surface area contributed by atoms with Crippen LogP contribution in [0.15, 0.2) is 30.3 Å². The van der Waals surface area contributed by atoms with E-state index in [4.69, 9.17) is 28.9 Å². The summed E-state index contributed by atoms with van der Waals surface area (Å²) in [5, 5.41) is 2.47. The van der Waals surface area contributed by atoms with Crippen molar-refractivity contribution < 1.29 is 0 Å². The molecule has 1 unspecified atom stereocenters. The number of rotatable bonds is 3. The van der Waals surface area contributed by atoms with E-state index in [1.807, 2.05) is 0 Å². The molecule has 20 heavy (non-hydrogen) atoms. The lowest BCUT2D eigenvalue weighted by molar-refractivity contribution is 0.871. The Bertz CT molecular complexity index is 615. The Morgan fingerprint density at radius 2 is 1.75 bits per heavy atom. The maximum atomic E-state index is 6.27. The van der Waals surface area contributed by atoms with E-state index in [2.05, 4.69) is 41.3 Å². The third-order valence-electron chi connectivity index (χ3n) is 3.38. The molecular weight excluding hydrogens is 308 g/mol. The summed E-state index contributed by atoms with van der Waals surface area (Å²) in [5.74, 6) is 0.486. The van der Waals surface area contributed by atoms with Crippen LogP contribution in [0.5, 0.6) is 0 Å². The molecular formula is C16H18Cl2NP. The number of hydrogen-bond acceptors (Lipinski definition) is 1. The largest absolute Gasteiger partial charge is 0.399 e. The molecule has 0 saturated heterocycles. The van der Waals surface area contributed by atoms with E-state index in [9.17, 15) is 0 Å². The van der Waals surface area contributed by atoms with Gasteiger partial charge in [0.1, 0.15) is 0 Å². The van der Waals surface area contributed by atoms with Crippen LogP contribution < -0.4 is 11.0 Å². The second-order valence-electron chi connectivity index (χ2n) is 5.21. The van der Waals surface area contributed by atoms with Gasteiger partial charge in [0.2, 0.25) is 0 Å². The monoisotopic (exact) mass is 325 g/mol. The van der Waals surface area contributed by atoms with E-state index in [1.165, 1.54) is 16.4 Å². The Balaban J connectivity index is 2.43. The summed E-state index contributed by atoms with van der Waals surface area (Å²) in [5.41, 5.74) is 9.80. The van der Waals surface area contributed by atoms with E-state index < -0.39 is 0 Å². The molecule has 0 aliphatic rings. The zero-order valence-corrected chi connectivity index (χ0v) is 14.2. The minimum absolute atomic E-state index is 0.486. The van der Waals surface area contributed by atoms with Crippen molar-refractivity contribution in [1.29, 1.82) is 0 Å². The first-order valence-corrected chi connectivity index (χ1v) is 7.84. The first kappa shape index (κ1) is 15.6. The van der Waals surface area contributed by atoms with Gasteiger partial charge in [0.25, 0.3) is 0 Å². The molecule has 0 spiro atoms. The minimum atomic E-state index is 0.486. The van der Waals surface area contributed by atoms with E-state index >= 15 is 0 Å². The quantitative estimate of drug-likeness (QED) is 0.637. The highest BCUT2D eigenvalue weighted by atomic mass is 35.5. The van der Waals surface area contributed by atoms with E-state index in [1.54, 1.807) is 12.1 Å². The Morgan fingerprint density at radius 3 is 2.30 bits per heavy atom. The van der Waals surface area contributed by atoms with Crippen LogP contribution in [0.4, 0.5) is 5.69 Å². The lowest BCUT2D eigenvalue weighted by atomic mass is 9.97. The van der Waals surface area contributed by atoms with Gasteiger partial charge < -0.3 is 5.73 Å². The first-order chi connectivity index (χ1) is 9.40. The van der Waals surface area contributed by atoms with Crippen molar-refractivity contribution in [3.8, 4) is 0 Å². The zero-order chi connectivity index (χ0) is 14.9. The topological polar surface area (TPSA) is 26.0 Å². The van der Waals surface area contributed by atoms with Crippen LogP contribution in [0.2, 0.25) is 10.0 Å². The van der Waals surface area contributed by atoms with Gasteiger partial charge in [-0.3, -0.25) is 0 Å². The minimum Gasteiger partial charge on any atom is -0.399 e. The molecule has 0 bridgehead atoms. The van der Waals surface area contributed by atoms with Gasteiger partial charge in [-0.25, -0.2) is 0 Å². The third kappa shape index (κ3) is 3.28. The molecule has 2 rings (SSSR count). The summed E-state index contributed by atoms with van der Waals surface area (Å²) in [6, 6.07) is 9.84. The van der Waals surface area contributed by atoms with Crippen LogP contribution in [-0.2, 0) is 6.42 Å². The molecule has 0 aliphatic heterocycles. The molecule has 1 atom stereocenters. The van der Waals surface area contributed by atoms with Gasteiger partial charge in [0.15, 0.2) is 0 Å². The molecule has 0 fully saturated rings. The highest BCUT2D eigenvalue weighted by Gasteiger charge is 2.12. The van der Waals surface area contributed by atoms with Crippen molar-refractivity contribution in [2.24, 2.45) is 0 Å². The summed E-state index contributed by atoms with van der Waals surface area (Å²) < 4.78 is 0. The maximum absolute atomic E-state index is 6.27. The van der Waals surface area contributed by atoms with Gasteiger partial charge in [-0.1, -0.05) is 55.2 Å². The predicted octanol–water partition coefficient (Wildman–Crippen LogP) is 4.79. The lowest BCUT2D eigenvalue weighted by Crippen LogP contribution is -2.10. The standard InChI is InChI=1S/C16H18Cl2NP/c1-9(2)12-5-3-4-10(16(12)20)6-13-14(17)7-11(19)8-15(13)18/h3-5,7-9H,6,19-20H2,1-2H3. The molecule has 106 valence electrons. The van der Waals surface area contributed by atoms with E-state index in [0.29, 0.717) is 28.1 Å². The fraction of sp³-hybridized carbons (Fsp3) is 0.250. The number of nitrogen functional groups attached to an aromatic ring is 1. The maximum Gasteiger partial charge on any atom is 0.0476 e. The molecule has 2 N–H and O–H groups in total. The Labute approximate surface area is 132 Å². The number of hydrogen-bond donors (Lipinski definition) is 1. The average Bonchev–Trinajstić information content (AvgIpc) is 2.35. The zero-order valence-electron chi connectivity index (χ0n) is 11.6. The first-order valence-electron chi connectivity index (χ1n) is 6.50. The van der Waals surface area contributed by atoms with E-state index in [-0.39, 0.29) is 0 Å². The fourth-order valence-corrected chi connectivity index (χ4v) is 3.54. The fourth-order valence-electron chi connectivity index (χ4n) is 2.27. The molecule has 0 heterocycles. The Hall–Kier alpha value is -0.750. The van der Waals surface area contributed by atoms with E-state index in [0.717, 1.165) is 5.56 Å². The highest BCUT2D eigenvalue weighted by molar-refractivity contribution is 7.27. The third-order valence-corrected chi connectivity index (χ3v) is 4.76. The van der Waals surface area contributed by atoms with Gasteiger partial charge in [0.05, 0.1) is 0 Å². The number of benzene rings is 2. The molecule has 0 aromatic heterocycles. The van der Waals surface area contributed by atoms with Crippen LogP contribution in [0.25, 0.3) is 0 Å². The van der Waals surface area contributed by atoms with Gasteiger partial charge in [-0.2, -0.15) is 0 Å². The van der Waals surface area contributed by atoms with Gasteiger partial charge in [-0.15, -0.1) is 9.24 Å². The summed E-state index contributed by atoms with van der Waals surface area (Å²) in [6.45, 7) is 4.38. The SMILES string of the molecule is CC(C)c1cccc(Cc2c(Cl)cc(N)cc2Cl)c1P. The smallest absolute Gasteiger partial charge is 0.0476 e. The molecule has 0 saturated carbocycles.